The Hall–Kier alpha value is -1.20. The van der Waals surface area contributed by atoms with Gasteiger partial charge in [0.15, 0.2) is 5.16 Å². The number of aromatic nitrogens is 2. The first-order valence-electron chi connectivity index (χ1n) is 5.66. The molecule has 0 radical (unpaired) electrons. The Labute approximate surface area is 115 Å². The van der Waals surface area contributed by atoms with Crippen molar-refractivity contribution in [3.05, 3.63) is 36.9 Å². The number of nitrogens with zero attached hydrogens (tertiary/aromatic N) is 2. The highest BCUT2D eigenvalue weighted by molar-refractivity contribution is 8.13. The molecule has 0 unspecified atom stereocenters. The van der Waals surface area contributed by atoms with Crippen LogP contribution in [0.3, 0.4) is 0 Å². The van der Waals surface area contributed by atoms with Gasteiger partial charge in [0.05, 0.1) is 11.0 Å². The Bertz CT molecular complexity index is 577. The number of para-hydroxylation sites is 2. The average Bonchev–Trinajstić information content (AvgIpc) is 2.74. The Morgan fingerprint density at radius 3 is 3.00 bits per heavy atom. The lowest BCUT2D eigenvalue weighted by atomic mass is 10.3. The minimum Gasteiger partial charge on any atom is -0.261 e. The first-order valence-corrected chi connectivity index (χ1v) is 7.63. The van der Waals surface area contributed by atoms with E-state index in [0.717, 1.165) is 27.7 Å². The number of imidazole rings is 1. The smallest absolute Gasteiger partial charge is 0.261 e. The van der Waals surface area contributed by atoms with Crippen LogP contribution in [0.15, 0.2) is 42.1 Å². The SMILES string of the molecule is C=CCSc1nc2ccccc2n1C(=O)SCC. The summed E-state index contributed by atoms with van der Waals surface area (Å²) in [4.78, 5) is 16.6. The summed E-state index contributed by atoms with van der Waals surface area (Å²) in [6.07, 6.45) is 1.81. The molecule has 1 heterocycles. The monoisotopic (exact) mass is 278 g/mol. The second-order valence-corrected chi connectivity index (χ2v) is 5.72. The van der Waals surface area contributed by atoms with Gasteiger partial charge in [-0.2, -0.15) is 0 Å². The van der Waals surface area contributed by atoms with Crippen LogP contribution in [-0.2, 0) is 0 Å². The van der Waals surface area contributed by atoms with Crippen molar-refractivity contribution in [3.8, 4) is 0 Å². The van der Waals surface area contributed by atoms with Crippen molar-refractivity contribution in [1.29, 1.82) is 0 Å². The summed E-state index contributed by atoms with van der Waals surface area (Å²) < 4.78 is 1.69. The van der Waals surface area contributed by atoms with Crippen molar-refractivity contribution in [2.45, 2.75) is 12.1 Å². The fourth-order valence-electron chi connectivity index (χ4n) is 1.60. The van der Waals surface area contributed by atoms with Crippen LogP contribution in [-0.4, -0.2) is 26.3 Å². The predicted molar refractivity (Wildman–Crippen MR) is 79.6 cm³/mol. The van der Waals surface area contributed by atoms with Crippen LogP contribution >= 0.6 is 23.5 Å². The van der Waals surface area contributed by atoms with E-state index in [4.69, 9.17) is 0 Å². The molecule has 2 aromatic rings. The molecule has 0 fully saturated rings. The summed E-state index contributed by atoms with van der Waals surface area (Å²) >= 11 is 2.82. The van der Waals surface area contributed by atoms with Gasteiger partial charge < -0.3 is 0 Å². The summed E-state index contributed by atoms with van der Waals surface area (Å²) in [5.41, 5.74) is 1.73. The van der Waals surface area contributed by atoms with Gasteiger partial charge in [0.1, 0.15) is 0 Å². The fraction of sp³-hybridized carbons (Fsp3) is 0.231. The van der Waals surface area contributed by atoms with Crippen LogP contribution in [0, 0.1) is 0 Å². The molecule has 0 saturated heterocycles. The van der Waals surface area contributed by atoms with Crippen LogP contribution in [0.1, 0.15) is 6.92 Å². The fourth-order valence-corrected chi connectivity index (χ4v) is 2.96. The first kappa shape index (κ1) is 13.2. The molecule has 2 rings (SSSR count). The molecule has 1 aromatic heterocycles. The molecule has 0 bridgehead atoms. The minimum absolute atomic E-state index is 0.0257. The first-order chi connectivity index (χ1) is 8.77. The summed E-state index contributed by atoms with van der Waals surface area (Å²) in [5.74, 6) is 1.50. The van der Waals surface area contributed by atoms with Gasteiger partial charge in [-0.05, 0) is 17.9 Å². The number of rotatable bonds is 4. The molecule has 0 amide bonds. The second-order valence-electron chi connectivity index (χ2n) is 3.52. The highest BCUT2D eigenvalue weighted by Crippen LogP contribution is 2.26. The Morgan fingerprint density at radius 1 is 1.50 bits per heavy atom. The molecule has 3 nitrogen and oxygen atoms in total. The van der Waals surface area contributed by atoms with Crippen molar-refractivity contribution in [1.82, 2.24) is 9.55 Å². The number of carbonyl (C=O) groups excluding carboxylic acids is 1. The summed E-state index contributed by atoms with van der Waals surface area (Å²) in [6.45, 7) is 5.66. The number of carbonyl (C=O) groups is 1. The molecule has 0 aliphatic heterocycles. The van der Waals surface area contributed by atoms with E-state index in [1.807, 2.05) is 37.3 Å². The van der Waals surface area contributed by atoms with E-state index < -0.39 is 0 Å². The maximum Gasteiger partial charge on any atom is 0.292 e. The lowest BCUT2D eigenvalue weighted by Gasteiger charge is -2.04. The van der Waals surface area contributed by atoms with Gasteiger partial charge in [0.25, 0.3) is 5.24 Å². The normalized spacial score (nSPS) is 10.7. The van der Waals surface area contributed by atoms with Gasteiger partial charge in [0, 0.05) is 5.75 Å². The Balaban J connectivity index is 2.50. The molecule has 94 valence electrons. The van der Waals surface area contributed by atoms with Crippen molar-refractivity contribution >= 4 is 39.8 Å². The van der Waals surface area contributed by atoms with Crippen molar-refractivity contribution in [2.24, 2.45) is 0 Å². The van der Waals surface area contributed by atoms with E-state index in [2.05, 4.69) is 11.6 Å². The molecule has 0 aliphatic rings. The van der Waals surface area contributed by atoms with E-state index >= 15 is 0 Å². The predicted octanol–water partition coefficient (Wildman–Crippen LogP) is 4.04. The molecule has 0 N–H and O–H groups in total. The molecule has 0 atom stereocenters. The van der Waals surface area contributed by atoms with Gasteiger partial charge in [-0.3, -0.25) is 4.79 Å². The standard InChI is InChI=1S/C13H14N2OS2/c1-3-9-18-12-14-10-7-5-6-8-11(10)15(12)13(16)17-4-2/h3,5-8H,1,4,9H2,2H3. The molecule has 0 saturated carbocycles. The summed E-state index contributed by atoms with van der Waals surface area (Å²) in [5, 5.41) is 0.764. The Kier molecular flexibility index (Phi) is 4.49. The van der Waals surface area contributed by atoms with E-state index in [9.17, 15) is 4.79 Å². The van der Waals surface area contributed by atoms with Gasteiger partial charge in [-0.25, -0.2) is 9.55 Å². The van der Waals surface area contributed by atoms with Gasteiger partial charge in [0.2, 0.25) is 0 Å². The molecule has 1 aromatic carbocycles. The van der Waals surface area contributed by atoms with Crippen LogP contribution < -0.4 is 0 Å². The summed E-state index contributed by atoms with van der Waals surface area (Å²) in [7, 11) is 0. The van der Waals surface area contributed by atoms with E-state index in [1.165, 1.54) is 23.5 Å². The number of hydrogen-bond donors (Lipinski definition) is 0. The number of hydrogen-bond acceptors (Lipinski definition) is 4. The van der Waals surface area contributed by atoms with Gasteiger partial charge in [-0.1, -0.05) is 48.7 Å². The van der Waals surface area contributed by atoms with Crippen LogP contribution in [0.2, 0.25) is 0 Å². The largest absolute Gasteiger partial charge is 0.292 e. The minimum atomic E-state index is 0.0257. The molecule has 5 heteroatoms. The third-order valence-corrected chi connectivity index (χ3v) is 3.96. The zero-order chi connectivity index (χ0) is 13.0. The third-order valence-electron chi connectivity index (χ3n) is 2.31. The number of fused-ring (bicyclic) bond motifs is 1. The van der Waals surface area contributed by atoms with E-state index in [0.29, 0.717) is 0 Å². The third kappa shape index (κ3) is 2.62. The van der Waals surface area contributed by atoms with Crippen molar-refractivity contribution in [3.63, 3.8) is 0 Å². The molecular weight excluding hydrogens is 264 g/mol. The maximum atomic E-state index is 12.2. The summed E-state index contributed by atoms with van der Waals surface area (Å²) in [6, 6.07) is 7.70. The lowest BCUT2D eigenvalue weighted by Crippen LogP contribution is -2.07. The van der Waals surface area contributed by atoms with Crippen molar-refractivity contribution in [2.75, 3.05) is 11.5 Å². The lowest BCUT2D eigenvalue weighted by molar-refractivity contribution is 0.261. The molecule has 18 heavy (non-hydrogen) atoms. The number of benzene rings is 1. The number of thioether (sulfide) groups is 2. The van der Waals surface area contributed by atoms with Crippen molar-refractivity contribution < 1.29 is 4.79 Å². The van der Waals surface area contributed by atoms with Gasteiger partial charge in [-0.15, -0.1) is 6.58 Å². The molecule has 0 aliphatic carbocycles. The second kappa shape index (κ2) is 6.11. The highest BCUT2D eigenvalue weighted by Gasteiger charge is 2.16. The van der Waals surface area contributed by atoms with Gasteiger partial charge >= 0.3 is 0 Å². The zero-order valence-corrected chi connectivity index (χ0v) is 11.8. The van der Waals surface area contributed by atoms with Crippen LogP contribution in [0.25, 0.3) is 11.0 Å². The van der Waals surface area contributed by atoms with Crippen LogP contribution in [0.4, 0.5) is 4.79 Å². The Morgan fingerprint density at radius 2 is 2.28 bits per heavy atom. The van der Waals surface area contributed by atoms with Crippen LogP contribution in [0.5, 0.6) is 0 Å². The topological polar surface area (TPSA) is 34.9 Å². The quantitative estimate of drug-likeness (QED) is 0.624. The zero-order valence-electron chi connectivity index (χ0n) is 10.1. The molecule has 0 spiro atoms. The van der Waals surface area contributed by atoms with E-state index in [1.54, 1.807) is 4.57 Å². The highest BCUT2D eigenvalue weighted by atomic mass is 32.2. The van der Waals surface area contributed by atoms with E-state index in [-0.39, 0.29) is 5.24 Å². The molecular formula is C13H14N2OS2. The average molecular weight is 278 g/mol. The maximum absolute atomic E-state index is 12.2.